The molecule has 2 aromatic rings. The third kappa shape index (κ3) is 7.08. The minimum atomic E-state index is 0. The molecule has 176 valence electrons. The van der Waals surface area contributed by atoms with Gasteiger partial charge in [0.25, 0.3) is 0 Å². The van der Waals surface area contributed by atoms with Gasteiger partial charge in [-0.1, -0.05) is 12.1 Å². The Morgan fingerprint density at radius 2 is 1.72 bits per heavy atom. The van der Waals surface area contributed by atoms with Crippen molar-refractivity contribution in [1.29, 1.82) is 0 Å². The van der Waals surface area contributed by atoms with Crippen molar-refractivity contribution in [2.75, 3.05) is 33.5 Å². The minimum absolute atomic E-state index is 0. The van der Waals surface area contributed by atoms with Gasteiger partial charge in [-0.2, -0.15) is 0 Å². The Morgan fingerprint density at radius 3 is 2.44 bits per heavy atom. The van der Waals surface area contributed by atoms with Gasteiger partial charge in [-0.15, -0.1) is 24.0 Å². The summed E-state index contributed by atoms with van der Waals surface area (Å²) in [6, 6.07) is 12.1. The highest BCUT2D eigenvalue weighted by Crippen LogP contribution is 2.31. The lowest BCUT2D eigenvalue weighted by molar-refractivity contribution is 0.287. The quantitative estimate of drug-likeness (QED) is 0.280. The van der Waals surface area contributed by atoms with Gasteiger partial charge >= 0.3 is 0 Å². The smallest absolute Gasteiger partial charge is 0.191 e. The number of fused-ring (bicyclic) bond motifs is 1. The normalized spacial score (nSPS) is 13.9. The first-order chi connectivity index (χ1) is 15.1. The number of nitrogens with zero attached hydrogens (tertiary/aromatic N) is 1. The van der Waals surface area contributed by atoms with E-state index < -0.39 is 0 Å². The molecular formula is C24H34IN3O4. The van der Waals surface area contributed by atoms with Crippen LogP contribution in [0.15, 0.2) is 41.4 Å². The summed E-state index contributed by atoms with van der Waals surface area (Å²) >= 11 is 0. The fraction of sp³-hybridized carbons (Fsp3) is 0.458. The van der Waals surface area contributed by atoms with Gasteiger partial charge < -0.3 is 29.6 Å². The number of halogens is 1. The lowest BCUT2D eigenvalue weighted by atomic mass is 10.1. The van der Waals surface area contributed by atoms with Gasteiger partial charge in [0.1, 0.15) is 0 Å². The van der Waals surface area contributed by atoms with E-state index in [1.54, 1.807) is 7.05 Å². The lowest BCUT2D eigenvalue weighted by Gasteiger charge is -2.20. The summed E-state index contributed by atoms with van der Waals surface area (Å²) < 4.78 is 22.9. The molecule has 32 heavy (non-hydrogen) atoms. The highest BCUT2D eigenvalue weighted by Gasteiger charge is 2.14. The fourth-order valence-electron chi connectivity index (χ4n) is 3.32. The molecule has 1 unspecified atom stereocenters. The molecular weight excluding hydrogens is 521 g/mol. The second-order valence-electron chi connectivity index (χ2n) is 7.20. The fourth-order valence-corrected chi connectivity index (χ4v) is 3.32. The standard InChI is InChI=1S/C24H33N3O4.HI/c1-5-28-20-11-9-19(15-23(20)29-6-2)17(3)27-24(25-4)26-16-18-8-10-21-22(14-18)31-13-7-12-30-21;/h8-11,14-15,17H,5-7,12-13,16H2,1-4H3,(H2,25,26,27);1H. The summed E-state index contributed by atoms with van der Waals surface area (Å²) in [6.07, 6.45) is 0.896. The van der Waals surface area contributed by atoms with Crippen LogP contribution in [0.2, 0.25) is 0 Å². The van der Waals surface area contributed by atoms with E-state index in [4.69, 9.17) is 18.9 Å². The first kappa shape index (κ1) is 25.9. The van der Waals surface area contributed by atoms with Gasteiger partial charge in [-0.05, 0) is 56.2 Å². The van der Waals surface area contributed by atoms with Gasteiger partial charge in [0.15, 0.2) is 29.0 Å². The second kappa shape index (κ2) is 13.2. The molecule has 0 saturated carbocycles. The third-order valence-corrected chi connectivity index (χ3v) is 4.92. The van der Waals surface area contributed by atoms with Crippen LogP contribution in [0.5, 0.6) is 23.0 Å². The molecule has 0 saturated heterocycles. The maximum Gasteiger partial charge on any atom is 0.191 e. The van der Waals surface area contributed by atoms with E-state index in [9.17, 15) is 0 Å². The number of hydrogen-bond acceptors (Lipinski definition) is 5. The molecule has 0 radical (unpaired) electrons. The monoisotopic (exact) mass is 555 g/mol. The van der Waals surface area contributed by atoms with Crippen LogP contribution in [0.3, 0.4) is 0 Å². The highest BCUT2D eigenvalue weighted by molar-refractivity contribution is 14.0. The molecule has 7 nitrogen and oxygen atoms in total. The number of aliphatic imine (C=N–C) groups is 1. The van der Waals surface area contributed by atoms with E-state index in [2.05, 4.69) is 22.5 Å². The van der Waals surface area contributed by atoms with Crippen LogP contribution < -0.4 is 29.6 Å². The predicted octanol–water partition coefficient (Wildman–Crippen LogP) is 4.69. The molecule has 0 spiro atoms. The highest BCUT2D eigenvalue weighted by atomic mass is 127. The second-order valence-corrected chi connectivity index (χ2v) is 7.20. The molecule has 0 bridgehead atoms. The van der Waals surface area contributed by atoms with Gasteiger partial charge in [0.2, 0.25) is 0 Å². The summed E-state index contributed by atoms with van der Waals surface area (Å²) in [5.41, 5.74) is 2.19. The maximum atomic E-state index is 5.78. The Bertz CT molecular complexity index is 892. The third-order valence-electron chi connectivity index (χ3n) is 4.92. The molecule has 1 heterocycles. The summed E-state index contributed by atoms with van der Waals surface area (Å²) in [5.74, 6) is 3.83. The number of rotatable bonds is 8. The van der Waals surface area contributed by atoms with Gasteiger partial charge in [-0.25, -0.2) is 0 Å². The Kier molecular flexibility index (Phi) is 10.7. The van der Waals surface area contributed by atoms with Crippen LogP contribution in [-0.4, -0.2) is 39.4 Å². The predicted molar refractivity (Wildman–Crippen MR) is 138 cm³/mol. The van der Waals surface area contributed by atoms with Crippen molar-refractivity contribution >= 4 is 29.9 Å². The van der Waals surface area contributed by atoms with Crippen LogP contribution in [0.4, 0.5) is 0 Å². The number of guanidine groups is 1. The van der Waals surface area contributed by atoms with Crippen molar-refractivity contribution in [2.24, 2.45) is 4.99 Å². The lowest BCUT2D eigenvalue weighted by Crippen LogP contribution is -2.38. The summed E-state index contributed by atoms with van der Waals surface area (Å²) in [6.45, 7) is 9.20. The Balaban J connectivity index is 0.00000363. The molecule has 3 rings (SSSR count). The molecule has 1 aliphatic rings. The van der Waals surface area contributed by atoms with Gasteiger partial charge in [-0.3, -0.25) is 4.99 Å². The van der Waals surface area contributed by atoms with Crippen molar-refractivity contribution in [3.8, 4) is 23.0 Å². The summed E-state index contributed by atoms with van der Waals surface area (Å²) in [5, 5.41) is 6.80. The number of hydrogen-bond donors (Lipinski definition) is 2. The van der Waals surface area contributed by atoms with E-state index in [0.717, 1.165) is 40.5 Å². The van der Waals surface area contributed by atoms with Crippen molar-refractivity contribution in [3.05, 3.63) is 47.5 Å². The molecule has 0 aromatic heterocycles. The van der Waals surface area contributed by atoms with Crippen LogP contribution in [-0.2, 0) is 6.54 Å². The minimum Gasteiger partial charge on any atom is -0.490 e. The van der Waals surface area contributed by atoms with E-state index in [1.807, 2.05) is 50.2 Å². The van der Waals surface area contributed by atoms with Crippen LogP contribution in [0.25, 0.3) is 0 Å². The molecule has 0 fully saturated rings. The molecule has 0 amide bonds. The van der Waals surface area contributed by atoms with E-state index >= 15 is 0 Å². The number of benzene rings is 2. The topological polar surface area (TPSA) is 73.3 Å². The van der Waals surface area contributed by atoms with E-state index in [0.29, 0.717) is 38.9 Å². The molecule has 1 aliphatic heterocycles. The maximum absolute atomic E-state index is 5.78. The number of ether oxygens (including phenoxy) is 4. The molecule has 0 aliphatic carbocycles. The van der Waals surface area contributed by atoms with E-state index in [1.165, 1.54) is 0 Å². The molecule has 2 N–H and O–H groups in total. The Morgan fingerprint density at radius 1 is 1.00 bits per heavy atom. The molecule has 8 heteroatoms. The van der Waals surface area contributed by atoms with E-state index in [-0.39, 0.29) is 30.0 Å². The largest absolute Gasteiger partial charge is 0.490 e. The zero-order valence-electron chi connectivity index (χ0n) is 19.3. The number of nitrogens with one attached hydrogen (secondary N) is 2. The van der Waals surface area contributed by atoms with Crippen LogP contribution in [0.1, 0.15) is 44.4 Å². The average molecular weight is 555 g/mol. The molecule has 1 atom stereocenters. The van der Waals surface area contributed by atoms with Crippen LogP contribution >= 0.6 is 24.0 Å². The van der Waals surface area contributed by atoms with Crippen molar-refractivity contribution in [1.82, 2.24) is 10.6 Å². The summed E-state index contributed by atoms with van der Waals surface area (Å²) in [7, 11) is 1.76. The average Bonchev–Trinajstić information content (AvgIpc) is 3.03. The Labute approximate surface area is 207 Å². The zero-order valence-corrected chi connectivity index (χ0v) is 21.6. The van der Waals surface area contributed by atoms with Gasteiger partial charge in [0.05, 0.1) is 32.5 Å². The van der Waals surface area contributed by atoms with Gasteiger partial charge in [0, 0.05) is 20.0 Å². The first-order valence-electron chi connectivity index (χ1n) is 10.9. The summed E-state index contributed by atoms with van der Waals surface area (Å²) in [4.78, 5) is 4.36. The Hall–Kier alpha value is -2.36. The zero-order chi connectivity index (χ0) is 22.1. The first-order valence-corrected chi connectivity index (χ1v) is 10.9. The van der Waals surface area contributed by atoms with Crippen LogP contribution in [0, 0.1) is 0 Å². The van der Waals surface area contributed by atoms with Crippen molar-refractivity contribution in [3.63, 3.8) is 0 Å². The van der Waals surface area contributed by atoms with Crippen molar-refractivity contribution in [2.45, 2.75) is 39.8 Å². The molecule has 2 aromatic carbocycles. The van der Waals surface area contributed by atoms with Crippen molar-refractivity contribution < 1.29 is 18.9 Å². The SMILES string of the molecule is CCOc1ccc(C(C)NC(=NC)NCc2ccc3c(c2)OCCCO3)cc1OCC.I.